The molecule has 0 aliphatic carbocycles. The van der Waals surface area contributed by atoms with Crippen LogP contribution in [0.25, 0.3) is 0 Å². The predicted octanol–water partition coefficient (Wildman–Crippen LogP) is 2.22. The molecular formula is C16H13F2O4PS. The molecule has 0 spiro atoms. The van der Waals surface area contributed by atoms with E-state index in [1.54, 1.807) is 0 Å². The molecule has 0 aromatic heterocycles. The highest BCUT2D eigenvalue weighted by molar-refractivity contribution is 7.99. The second-order valence-corrected chi connectivity index (χ2v) is 9.62. The lowest BCUT2D eigenvalue weighted by molar-refractivity contribution is 0.366. The minimum absolute atomic E-state index is 0.386. The van der Waals surface area contributed by atoms with Crippen LogP contribution in [0.4, 0.5) is 8.78 Å². The zero-order valence-electron chi connectivity index (χ0n) is 12.4. The Kier molecular flexibility index (Phi) is 5.55. The first-order chi connectivity index (χ1) is 11.3. The Labute approximate surface area is 139 Å². The van der Waals surface area contributed by atoms with Crippen molar-refractivity contribution >= 4 is 27.9 Å². The lowest BCUT2D eigenvalue weighted by Gasteiger charge is -2.20. The van der Waals surface area contributed by atoms with Crippen LogP contribution in [0.15, 0.2) is 48.5 Å². The van der Waals surface area contributed by atoms with E-state index in [0.29, 0.717) is 0 Å². The molecule has 8 heteroatoms. The van der Waals surface area contributed by atoms with Crippen LogP contribution in [0.5, 0.6) is 0 Å². The number of terminal acetylenes is 1. The number of benzene rings is 2. The Balaban J connectivity index is 2.64. The molecule has 24 heavy (non-hydrogen) atoms. The van der Waals surface area contributed by atoms with Crippen molar-refractivity contribution in [2.24, 2.45) is 0 Å². The Hall–Kier alpha value is -2.00. The van der Waals surface area contributed by atoms with E-state index in [2.05, 4.69) is 4.18 Å². The highest BCUT2D eigenvalue weighted by Crippen LogP contribution is 2.46. The van der Waals surface area contributed by atoms with Crippen molar-refractivity contribution in [2.45, 2.75) is 0 Å². The van der Waals surface area contributed by atoms with Gasteiger partial charge < -0.3 is 4.57 Å². The fraction of sp³-hybridized carbons (Fsp3) is 0.125. The van der Waals surface area contributed by atoms with Crippen molar-refractivity contribution in [1.29, 1.82) is 0 Å². The Morgan fingerprint density at radius 3 is 1.88 bits per heavy atom. The second-order valence-electron chi connectivity index (χ2n) is 4.80. The van der Waals surface area contributed by atoms with E-state index in [9.17, 15) is 21.8 Å². The summed E-state index contributed by atoms with van der Waals surface area (Å²) in [5, 5.41) is -0.772. The SMILES string of the molecule is C#CCOS(=O)(=O)CP(=O)(c1ccccc1F)c1ccccc1F. The summed E-state index contributed by atoms with van der Waals surface area (Å²) < 4.78 is 70.4. The molecule has 0 bridgehead atoms. The molecular weight excluding hydrogens is 357 g/mol. The van der Waals surface area contributed by atoms with Crippen molar-refractivity contribution in [1.82, 2.24) is 0 Å². The average Bonchev–Trinajstić information content (AvgIpc) is 2.53. The topological polar surface area (TPSA) is 60.4 Å². The zero-order valence-corrected chi connectivity index (χ0v) is 14.1. The number of rotatable bonds is 6. The Bertz CT molecular complexity index is 886. The first kappa shape index (κ1) is 18.3. The third-order valence-electron chi connectivity index (χ3n) is 3.14. The van der Waals surface area contributed by atoms with Crippen LogP contribution in [0.2, 0.25) is 0 Å². The molecule has 0 aliphatic heterocycles. The van der Waals surface area contributed by atoms with Crippen LogP contribution in [0.1, 0.15) is 0 Å². The molecule has 0 atom stereocenters. The van der Waals surface area contributed by atoms with Crippen LogP contribution in [-0.4, -0.2) is 20.5 Å². The van der Waals surface area contributed by atoms with Crippen LogP contribution < -0.4 is 10.6 Å². The van der Waals surface area contributed by atoms with Gasteiger partial charge >= 0.3 is 0 Å². The highest BCUT2D eigenvalue weighted by atomic mass is 32.2. The first-order valence-electron chi connectivity index (χ1n) is 6.70. The van der Waals surface area contributed by atoms with Crippen LogP contribution in [-0.2, 0) is 18.9 Å². The zero-order chi connectivity index (χ0) is 17.8. The van der Waals surface area contributed by atoms with E-state index in [-0.39, 0.29) is 10.6 Å². The van der Waals surface area contributed by atoms with Crippen molar-refractivity contribution < 1.29 is 25.9 Å². The summed E-state index contributed by atoms with van der Waals surface area (Å²) in [7, 11) is -8.56. The molecule has 4 nitrogen and oxygen atoms in total. The number of hydrogen-bond donors (Lipinski definition) is 0. The van der Waals surface area contributed by atoms with E-state index >= 15 is 0 Å². The van der Waals surface area contributed by atoms with Gasteiger partial charge in [-0.1, -0.05) is 30.2 Å². The molecule has 0 aliphatic rings. The normalized spacial score (nSPS) is 11.9. The summed E-state index contributed by atoms with van der Waals surface area (Å²) in [6.45, 7) is -0.559. The summed E-state index contributed by atoms with van der Waals surface area (Å²) in [5.74, 6) is 0.188. The van der Waals surface area contributed by atoms with Crippen LogP contribution in [0, 0.1) is 24.0 Å². The largest absolute Gasteiger partial charge is 0.312 e. The summed E-state index contributed by atoms with van der Waals surface area (Å²) in [4.78, 5) is 0. The molecule has 0 fully saturated rings. The smallest absolute Gasteiger partial charge is 0.275 e. The van der Waals surface area contributed by atoms with Gasteiger partial charge in [-0.2, -0.15) is 8.42 Å². The molecule has 2 rings (SSSR count). The summed E-state index contributed by atoms with van der Waals surface area (Å²) in [6, 6.07) is 9.87. The van der Waals surface area contributed by atoms with Crippen LogP contribution in [0.3, 0.4) is 0 Å². The molecule has 2 aromatic rings. The maximum absolute atomic E-state index is 14.2. The van der Waals surface area contributed by atoms with E-state index in [1.807, 2.05) is 5.92 Å². The van der Waals surface area contributed by atoms with Gasteiger partial charge in [0.2, 0.25) is 0 Å². The van der Waals surface area contributed by atoms with Crippen molar-refractivity contribution in [3.8, 4) is 12.3 Å². The van der Waals surface area contributed by atoms with E-state index < -0.39 is 41.0 Å². The Morgan fingerprint density at radius 2 is 1.46 bits per heavy atom. The quantitative estimate of drug-likeness (QED) is 0.444. The summed E-state index contributed by atoms with van der Waals surface area (Å²) in [6.07, 6.45) is 4.94. The van der Waals surface area contributed by atoms with Gasteiger partial charge in [0.25, 0.3) is 10.1 Å². The van der Waals surface area contributed by atoms with Gasteiger partial charge in [0.1, 0.15) is 23.7 Å². The van der Waals surface area contributed by atoms with Gasteiger partial charge in [-0.15, -0.1) is 6.42 Å². The van der Waals surface area contributed by atoms with E-state index in [4.69, 9.17) is 6.42 Å². The lowest BCUT2D eigenvalue weighted by atomic mass is 10.3. The Morgan fingerprint density at radius 1 is 1.00 bits per heavy atom. The van der Waals surface area contributed by atoms with Gasteiger partial charge in [0.05, 0.1) is 10.6 Å². The standard InChI is InChI=1S/C16H13F2O4PS/c1-2-11-22-24(20,21)12-23(19,15-9-5-3-7-13(15)17)16-10-6-4-8-14(16)18/h1,3-10H,11-12H2. The van der Waals surface area contributed by atoms with Gasteiger partial charge in [-0.25, -0.2) is 8.78 Å². The summed E-state index contributed by atoms with van der Waals surface area (Å²) >= 11 is 0. The monoisotopic (exact) mass is 370 g/mol. The van der Waals surface area contributed by atoms with Gasteiger partial charge in [0, 0.05) is 0 Å². The fourth-order valence-electron chi connectivity index (χ4n) is 2.14. The predicted molar refractivity (Wildman–Crippen MR) is 88.2 cm³/mol. The molecule has 126 valence electrons. The molecule has 0 saturated carbocycles. The molecule has 0 heterocycles. The van der Waals surface area contributed by atoms with Crippen molar-refractivity contribution in [3.05, 3.63) is 60.2 Å². The van der Waals surface area contributed by atoms with Crippen molar-refractivity contribution in [2.75, 3.05) is 12.1 Å². The van der Waals surface area contributed by atoms with E-state index in [0.717, 1.165) is 12.1 Å². The highest BCUT2D eigenvalue weighted by Gasteiger charge is 2.38. The average molecular weight is 370 g/mol. The van der Waals surface area contributed by atoms with Crippen LogP contribution >= 0.6 is 7.14 Å². The fourth-order valence-corrected chi connectivity index (χ4v) is 7.33. The van der Waals surface area contributed by atoms with Gasteiger partial charge in [-0.05, 0) is 24.3 Å². The molecule has 0 N–H and O–H groups in total. The minimum atomic E-state index is -4.37. The van der Waals surface area contributed by atoms with E-state index in [1.165, 1.54) is 36.4 Å². The van der Waals surface area contributed by atoms with Crippen molar-refractivity contribution in [3.63, 3.8) is 0 Å². The maximum Gasteiger partial charge on any atom is 0.275 e. The minimum Gasteiger partial charge on any atom is -0.312 e. The van der Waals surface area contributed by atoms with Gasteiger partial charge in [-0.3, -0.25) is 4.18 Å². The summed E-state index contributed by atoms with van der Waals surface area (Å²) in [5.41, 5.74) is -1.09. The molecule has 2 aromatic carbocycles. The molecule has 0 saturated heterocycles. The molecule has 0 radical (unpaired) electrons. The second kappa shape index (κ2) is 7.27. The maximum atomic E-state index is 14.2. The van der Waals surface area contributed by atoms with Gasteiger partial charge in [0.15, 0.2) is 7.14 Å². The lowest BCUT2D eigenvalue weighted by Crippen LogP contribution is -2.27. The first-order valence-corrected chi connectivity index (χ1v) is 10.2. The third-order valence-corrected chi connectivity index (χ3v) is 8.62. The number of hydrogen-bond acceptors (Lipinski definition) is 4. The number of halogens is 2. The molecule has 0 amide bonds. The molecule has 0 unspecified atom stereocenters. The third kappa shape index (κ3) is 3.90.